The summed E-state index contributed by atoms with van der Waals surface area (Å²) in [7, 11) is 0. The summed E-state index contributed by atoms with van der Waals surface area (Å²) >= 11 is 0. The lowest BCUT2D eigenvalue weighted by Crippen LogP contribution is -2.45. The Hall–Kier alpha value is -0.0800. The van der Waals surface area contributed by atoms with E-state index >= 15 is 0 Å². The highest BCUT2D eigenvalue weighted by atomic mass is 16.5. The van der Waals surface area contributed by atoms with Gasteiger partial charge in [0.15, 0.2) is 0 Å². The van der Waals surface area contributed by atoms with Crippen molar-refractivity contribution in [1.82, 2.24) is 0 Å². The Morgan fingerprint density at radius 2 is 2.14 bits per heavy atom. The third-order valence-electron chi connectivity index (χ3n) is 3.44. The maximum Gasteiger partial charge on any atom is 0.0905 e. The van der Waals surface area contributed by atoms with Crippen LogP contribution in [0.25, 0.3) is 0 Å². The van der Waals surface area contributed by atoms with Crippen molar-refractivity contribution in [2.24, 2.45) is 11.8 Å². The van der Waals surface area contributed by atoms with Gasteiger partial charge in [-0.3, -0.25) is 0 Å². The fraction of sp³-hybridized carbons (Fsp3) is 1.00. The second kappa shape index (κ2) is 5.13. The molecule has 3 unspecified atom stereocenters. The summed E-state index contributed by atoms with van der Waals surface area (Å²) in [5.74, 6) is 1.14. The van der Waals surface area contributed by atoms with Gasteiger partial charge >= 0.3 is 0 Å². The van der Waals surface area contributed by atoms with Gasteiger partial charge < -0.3 is 9.84 Å². The third kappa shape index (κ3) is 2.96. The predicted molar refractivity (Wildman–Crippen MR) is 58.2 cm³/mol. The van der Waals surface area contributed by atoms with Crippen LogP contribution in [-0.4, -0.2) is 23.9 Å². The van der Waals surface area contributed by atoms with E-state index in [2.05, 4.69) is 20.8 Å². The Labute approximate surface area is 87.7 Å². The topological polar surface area (TPSA) is 29.5 Å². The van der Waals surface area contributed by atoms with Gasteiger partial charge in [0.1, 0.15) is 0 Å². The van der Waals surface area contributed by atoms with Gasteiger partial charge in [0, 0.05) is 6.61 Å². The van der Waals surface area contributed by atoms with Crippen LogP contribution in [0.5, 0.6) is 0 Å². The van der Waals surface area contributed by atoms with Crippen LogP contribution in [0.3, 0.4) is 0 Å². The number of hydrogen-bond donors (Lipinski definition) is 1. The van der Waals surface area contributed by atoms with Gasteiger partial charge in [-0.1, -0.05) is 20.8 Å². The molecule has 0 heterocycles. The van der Waals surface area contributed by atoms with E-state index < -0.39 is 5.60 Å². The van der Waals surface area contributed by atoms with Gasteiger partial charge in [-0.2, -0.15) is 0 Å². The molecule has 2 heteroatoms. The molecular weight excluding hydrogens is 176 g/mol. The number of ether oxygens (including phenoxy) is 1. The van der Waals surface area contributed by atoms with Crippen molar-refractivity contribution in [2.75, 3.05) is 13.2 Å². The highest BCUT2D eigenvalue weighted by Gasteiger charge is 2.38. The van der Waals surface area contributed by atoms with Crippen LogP contribution in [-0.2, 0) is 4.74 Å². The molecule has 0 aromatic carbocycles. The second-order valence-electron chi connectivity index (χ2n) is 4.94. The molecule has 1 rings (SSSR count). The average molecular weight is 200 g/mol. The summed E-state index contributed by atoms with van der Waals surface area (Å²) < 4.78 is 5.48. The zero-order chi connectivity index (χ0) is 10.6. The summed E-state index contributed by atoms with van der Waals surface area (Å²) in [6, 6.07) is 0. The molecule has 1 N–H and O–H groups in total. The lowest BCUT2D eigenvalue weighted by molar-refractivity contribution is -0.107. The second-order valence-corrected chi connectivity index (χ2v) is 4.94. The molecule has 1 aliphatic carbocycles. The summed E-state index contributed by atoms with van der Waals surface area (Å²) in [6.07, 6.45) is 4.20. The molecule has 0 aromatic rings. The molecule has 3 atom stereocenters. The highest BCUT2D eigenvalue weighted by Crippen LogP contribution is 2.36. The van der Waals surface area contributed by atoms with E-state index in [1.165, 1.54) is 0 Å². The molecule has 0 aromatic heterocycles. The minimum Gasteiger partial charge on any atom is -0.387 e. The van der Waals surface area contributed by atoms with E-state index in [1.807, 2.05) is 0 Å². The number of aliphatic hydroxyl groups is 1. The first-order valence-corrected chi connectivity index (χ1v) is 5.88. The van der Waals surface area contributed by atoms with Gasteiger partial charge in [0.05, 0.1) is 12.2 Å². The fourth-order valence-corrected chi connectivity index (χ4v) is 2.29. The Bertz CT molecular complexity index is 170. The monoisotopic (exact) mass is 200 g/mol. The van der Waals surface area contributed by atoms with E-state index in [4.69, 9.17) is 4.74 Å². The van der Waals surface area contributed by atoms with Crippen LogP contribution >= 0.6 is 0 Å². The quantitative estimate of drug-likeness (QED) is 0.707. The summed E-state index contributed by atoms with van der Waals surface area (Å²) in [6.45, 7) is 7.80. The molecule has 0 bridgehead atoms. The van der Waals surface area contributed by atoms with Crippen LogP contribution < -0.4 is 0 Å². The zero-order valence-electron chi connectivity index (χ0n) is 9.75. The highest BCUT2D eigenvalue weighted by molar-refractivity contribution is 4.89. The molecule has 1 saturated carbocycles. The molecule has 0 radical (unpaired) electrons. The van der Waals surface area contributed by atoms with E-state index in [1.54, 1.807) is 0 Å². The van der Waals surface area contributed by atoms with Crippen molar-refractivity contribution in [3.05, 3.63) is 0 Å². The van der Waals surface area contributed by atoms with Crippen molar-refractivity contribution in [2.45, 2.75) is 52.1 Å². The minimum atomic E-state index is -0.554. The molecule has 84 valence electrons. The number of rotatable bonds is 4. The van der Waals surface area contributed by atoms with Crippen LogP contribution in [0, 0.1) is 11.8 Å². The van der Waals surface area contributed by atoms with Crippen molar-refractivity contribution in [3.63, 3.8) is 0 Å². The Morgan fingerprint density at radius 1 is 1.43 bits per heavy atom. The summed E-state index contributed by atoms with van der Waals surface area (Å²) in [5.41, 5.74) is -0.554. The Kier molecular flexibility index (Phi) is 4.39. The van der Waals surface area contributed by atoms with Crippen molar-refractivity contribution >= 4 is 0 Å². The molecular formula is C12H24O2. The largest absolute Gasteiger partial charge is 0.387 e. The van der Waals surface area contributed by atoms with Gasteiger partial charge in [-0.15, -0.1) is 0 Å². The predicted octanol–water partition coefficient (Wildman–Crippen LogP) is 2.60. The molecule has 0 amide bonds. The van der Waals surface area contributed by atoms with Crippen LogP contribution in [0.1, 0.15) is 46.5 Å². The van der Waals surface area contributed by atoms with Gasteiger partial charge in [-0.05, 0) is 37.5 Å². The third-order valence-corrected chi connectivity index (χ3v) is 3.44. The number of hydrogen-bond acceptors (Lipinski definition) is 2. The lowest BCUT2D eigenvalue weighted by atomic mass is 9.73. The Balaban J connectivity index is 2.38. The molecule has 2 nitrogen and oxygen atoms in total. The van der Waals surface area contributed by atoms with E-state index in [-0.39, 0.29) is 0 Å². The molecule has 1 fully saturated rings. The van der Waals surface area contributed by atoms with Crippen LogP contribution in [0.4, 0.5) is 0 Å². The first kappa shape index (κ1) is 12.0. The first-order chi connectivity index (χ1) is 6.58. The average Bonchev–Trinajstić information content (AvgIpc) is 2.13. The van der Waals surface area contributed by atoms with Crippen molar-refractivity contribution in [3.8, 4) is 0 Å². The van der Waals surface area contributed by atoms with Crippen molar-refractivity contribution < 1.29 is 9.84 Å². The normalized spacial score (nSPS) is 38.6. The molecule has 14 heavy (non-hydrogen) atoms. The maximum absolute atomic E-state index is 10.4. The smallest absolute Gasteiger partial charge is 0.0905 e. The van der Waals surface area contributed by atoms with Gasteiger partial charge in [-0.25, -0.2) is 0 Å². The van der Waals surface area contributed by atoms with Gasteiger partial charge in [0.2, 0.25) is 0 Å². The minimum absolute atomic E-state index is 0.378. The fourth-order valence-electron chi connectivity index (χ4n) is 2.29. The SMILES string of the molecule is CCCOCC1(O)CCC(C)CC1C. The maximum atomic E-state index is 10.4. The van der Waals surface area contributed by atoms with E-state index in [9.17, 15) is 5.11 Å². The van der Waals surface area contributed by atoms with Gasteiger partial charge in [0.25, 0.3) is 0 Å². The zero-order valence-corrected chi connectivity index (χ0v) is 9.75. The van der Waals surface area contributed by atoms with Crippen LogP contribution in [0.2, 0.25) is 0 Å². The van der Waals surface area contributed by atoms with E-state index in [0.29, 0.717) is 12.5 Å². The van der Waals surface area contributed by atoms with Crippen molar-refractivity contribution in [1.29, 1.82) is 0 Å². The molecule has 0 aliphatic heterocycles. The lowest BCUT2D eigenvalue weighted by Gasteiger charge is -2.40. The van der Waals surface area contributed by atoms with Crippen LogP contribution in [0.15, 0.2) is 0 Å². The van der Waals surface area contributed by atoms with E-state index in [0.717, 1.165) is 38.2 Å². The standard InChI is InChI=1S/C12H24O2/c1-4-7-14-9-12(13)6-5-10(2)8-11(12)3/h10-11,13H,4-9H2,1-3H3. The summed E-state index contributed by atoms with van der Waals surface area (Å²) in [4.78, 5) is 0. The molecule has 0 spiro atoms. The molecule has 1 aliphatic rings. The molecule has 0 saturated heterocycles. The first-order valence-electron chi connectivity index (χ1n) is 5.88. The Morgan fingerprint density at radius 3 is 2.71 bits per heavy atom. The summed E-state index contributed by atoms with van der Waals surface area (Å²) in [5, 5.41) is 10.4.